The highest BCUT2D eigenvalue weighted by Crippen LogP contribution is 2.24. The van der Waals surface area contributed by atoms with Crippen LogP contribution in [0.15, 0.2) is 0 Å². The van der Waals surface area contributed by atoms with Crippen LogP contribution >= 0.6 is 0 Å². The number of aliphatic hydroxyl groups excluding tert-OH is 1. The number of hydrogen-bond acceptors (Lipinski definition) is 3. The van der Waals surface area contributed by atoms with E-state index < -0.39 is 0 Å². The number of hydrogen-bond donors (Lipinski definition) is 2. The minimum absolute atomic E-state index is 0.194. The van der Waals surface area contributed by atoms with Crippen LogP contribution in [-0.2, 0) is 4.79 Å². The van der Waals surface area contributed by atoms with E-state index in [1.807, 2.05) is 0 Å². The standard InChI is InChI=1S/C17H34N2O2/c1-14(2)6-9-18-17(21)5-4-10-19-11-7-16(8-12-19)15(3)13-20/h14-16,20H,4-13H2,1-3H3,(H,18,21). The van der Waals surface area contributed by atoms with Gasteiger partial charge in [-0.3, -0.25) is 4.79 Å². The van der Waals surface area contributed by atoms with Crippen LogP contribution in [0.2, 0.25) is 0 Å². The molecule has 0 spiro atoms. The van der Waals surface area contributed by atoms with Gasteiger partial charge < -0.3 is 15.3 Å². The molecule has 4 heteroatoms. The summed E-state index contributed by atoms with van der Waals surface area (Å²) < 4.78 is 0. The van der Waals surface area contributed by atoms with Crippen LogP contribution in [-0.4, -0.2) is 48.7 Å². The number of carbonyl (C=O) groups excluding carboxylic acids is 1. The van der Waals surface area contributed by atoms with Gasteiger partial charge in [0.25, 0.3) is 0 Å². The van der Waals surface area contributed by atoms with Gasteiger partial charge in [-0.15, -0.1) is 0 Å². The Morgan fingerprint density at radius 1 is 1.29 bits per heavy atom. The van der Waals surface area contributed by atoms with Gasteiger partial charge in [0, 0.05) is 19.6 Å². The van der Waals surface area contributed by atoms with Crippen molar-refractivity contribution in [3.63, 3.8) is 0 Å². The van der Waals surface area contributed by atoms with Gasteiger partial charge in [-0.25, -0.2) is 0 Å². The van der Waals surface area contributed by atoms with Crippen LogP contribution < -0.4 is 5.32 Å². The first kappa shape index (κ1) is 18.4. The molecule has 0 saturated carbocycles. The number of nitrogens with one attached hydrogen (secondary N) is 1. The van der Waals surface area contributed by atoms with E-state index in [4.69, 9.17) is 0 Å². The Kier molecular flexibility index (Phi) is 8.93. The summed E-state index contributed by atoms with van der Waals surface area (Å²) in [6.07, 6.45) is 5.02. The third kappa shape index (κ3) is 7.82. The molecule has 1 unspecified atom stereocenters. The smallest absolute Gasteiger partial charge is 0.220 e. The van der Waals surface area contributed by atoms with E-state index in [0.29, 0.717) is 30.8 Å². The number of piperidine rings is 1. The van der Waals surface area contributed by atoms with Gasteiger partial charge in [0.15, 0.2) is 0 Å². The Labute approximate surface area is 130 Å². The van der Waals surface area contributed by atoms with Gasteiger partial charge in [-0.1, -0.05) is 20.8 Å². The molecule has 2 N–H and O–H groups in total. The molecule has 1 heterocycles. The molecule has 0 aliphatic carbocycles. The largest absolute Gasteiger partial charge is 0.396 e. The molecular formula is C17H34N2O2. The molecule has 4 nitrogen and oxygen atoms in total. The fourth-order valence-electron chi connectivity index (χ4n) is 2.95. The predicted octanol–water partition coefficient (Wildman–Crippen LogP) is 2.27. The maximum Gasteiger partial charge on any atom is 0.220 e. The Balaban J connectivity index is 2.05. The highest BCUT2D eigenvalue weighted by Gasteiger charge is 2.23. The fraction of sp³-hybridized carbons (Fsp3) is 0.941. The molecule has 1 fully saturated rings. The zero-order valence-corrected chi connectivity index (χ0v) is 14.1. The molecule has 1 amide bonds. The molecule has 0 aromatic rings. The predicted molar refractivity (Wildman–Crippen MR) is 87.1 cm³/mol. The van der Waals surface area contributed by atoms with Gasteiger partial charge in [0.2, 0.25) is 5.91 Å². The number of rotatable bonds is 9. The average molecular weight is 298 g/mol. The topological polar surface area (TPSA) is 52.6 Å². The molecule has 0 aromatic heterocycles. The van der Waals surface area contributed by atoms with Gasteiger partial charge in [0.1, 0.15) is 0 Å². The van der Waals surface area contributed by atoms with Gasteiger partial charge in [-0.2, -0.15) is 0 Å². The number of amides is 1. The van der Waals surface area contributed by atoms with Crippen molar-refractivity contribution in [1.82, 2.24) is 10.2 Å². The second kappa shape index (κ2) is 10.2. The molecule has 21 heavy (non-hydrogen) atoms. The minimum Gasteiger partial charge on any atom is -0.396 e. The lowest BCUT2D eigenvalue weighted by Crippen LogP contribution is -2.37. The number of carbonyl (C=O) groups is 1. The van der Waals surface area contributed by atoms with Crippen molar-refractivity contribution in [3.8, 4) is 0 Å². The maximum atomic E-state index is 11.7. The second-order valence-electron chi connectivity index (χ2n) is 6.97. The third-order valence-electron chi connectivity index (χ3n) is 4.65. The Morgan fingerprint density at radius 2 is 1.95 bits per heavy atom. The van der Waals surface area contributed by atoms with Crippen molar-refractivity contribution in [2.24, 2.45) is 17.8 Å². The quantitative estimate of drug-likeness (QED) is 0.686. The first-order valence-corrected chi connectivity index (χ1v) is 8.62. The molecule has 0 aromatic carbocycles. The van der Waals surface area contributed by atoms with Crippen molar-refractivity contribution in [3.05, 3.63) is 0 Å². The van der Waals surface area contributed by atoms with Crippen LogP contribution in [0.25, 0.3) is 0 Å². The minimum atomic E-state index is 0.194. The van der Waals surface area contributed by atoms with Gasteiger partial charge in [-0.05, 0) is 63.1 Å². The molecule has 0 radical (unpaired) electrons. The van der Waals surface area contributed by atoms with Crippen LogP contribution in [0.4, 0.5) is 0 Å². The third-order valence-corrected chi connectivity index (χ3v) is 4.65. The first-order valence-electron chi connectivity index (χ1n) is 8.62. The van der Waals surface area contributed by atoms with E-state index in [-0.39, 0.29) is 5.91 Å². The summed E-state index contributed by atoms with van der Waals surface area (Å²) in [5, 5.41) is 12.2. The normalized spacial score (nSPS) is 18.9. The zero-order chi connectivity index (χ0) is 15.7. The van der Waals surface area contributed by atoms with Crippen molar-refractivity contribution in [2.75, 3.05) is 32.8 Å². The molecule has 1 rings (SSSR count). The number of nitrogens with zero attached hydrogens (tertiary/aromatic N) is 1. The molecule has 1 aliphatic rings. The van der Waals surface area contributed by atoms with Gasteiger partial charge >= 0.3 is 0 Å². The monoisotopic (exact) mass is 298 g/mol. The van der Waals surface area contributed by atoms with Gasteiger partial charge in [0.05, 0.1) is 0 Å². The van der Waals surface area contributed by atoms with E-state index in [2.05, 4.69) is 31.0 Å². The maximum absolute atomic E-state index is 11.7. The van der Waals surface area contributed by atoms with Crippen LogP contribution in [0.5, 0.6) is 0 Å². The molecule has 1 aliphatic heterocycles. The first-order chi connectivity index (χ1) is 10.0. The zero-order valence-electron chi connectivity index (χ0n) is 14.1. The number of likely N-dealkylation sites (tertiary alicyclic amines) is 1. The highest BCUT2D eigenvalue weighted by molar-refractivity contribution is 5.75. The van der Waals surface area contributed by atoms with E-state index in [0.717, 1.165) is 39.0 Å². The van der Waals surface area contributed by atoms with E-state index in [9.17, 15) is 9.90 Å². The molecule has 0 bridgehead atoms. The Morgan fingerprint density at radius 3 is 2.52 bits per heavy atom. The lowest BCUT2D eigenvalue weighted by Gasteiger charge is -2.34. The van der Waals surface area contributed by atoms with Crippen molar-refractivity contribution >= 4 is 5.91 Å². The highest BCUT2D eigenvalue weighted by atomic mass is 16.3. The van der Waals surface area contributed by atoms with Crippen molar-refractivity contribution < 1.29 is 9.90 Å². The summed E-state index contributed by atoms with van der Waals surface area (Å²) in [5.74, 6) is 1.94. The Hall–Kier alpha value is -0.610. The summed E-state index contributed by atoms with van der Waals surface area (Å²) in [7, 11) is 0. The number of aliphatic hydroxyl groups is 1. The summed E-state index contributed by atoms with van der Waals surface area (Å²) in [4.78, 5) is 14.1. The van der Waals surface area contributed by atoms with Crippen LogP contribution in [0.3, 0.4) is 0 Å². The summed E-state index contributed by atoms with van der Waals surface area (Å²) in [5.41, 5.74) is 0. The second-order valence-corrected chi connectivity index (χ2v) is 6.97. The van der Waals surface area contributed by atoms with Crippen LogP contribution in [0, 0.1) is 17.8 Å². The SMILES string of the molecule is CC(C)CCNC(=O)CCCN1CCC(C(C)CO)CC1. The summed E-state index contributed by atoms with van der Waals surface area (Å²) in [6, 6.07) is 0. The van der Waals surface area contributed by atoms with Crippen molar-refractivity contribution in [2.45, 2.75) is 52.9 Å². The molecule has 1 atom stereocenters. The molecule has 124 valence electrons. The summed E-state index contributed by atoms with van der Waals surface area (Å²) >= 11 is 0. The molecule has 1 saturated heterocycles. The average Bonchev–Trinajstić information content (AvgIpc) is 2.46. The lowest BCUT2D eigenvalue weighted by atomic mass is 9.86. The summed E-state index contributed by atoms with van der Waals surface area (Å²) in [6.45, 7) is 10.9. The van der Waals surface area contributed by atoms with Crippen molar-refractivity contribution in [1.29, 1.82) is 0 Å². The van der Waals surface area contributed by atoms with E-state index in [1.165, 1.54) is 12.8 Å². The Bertz CT molecular complexity index is 287. The molecular weight excluding hydrogens is 264 g/mol. The van der Waals surface area contributed by atoms with E-state index in [1.54, 1.807) is 0 Å². The fourth-order valence-corrected chi connectivity index (χ4v) is 2.95. The van der Waals surface area contributed by atoms with Crippen LogP contribution in [0.1, 0.15) is 52.9 Å². The van der Waals surface area contributed by atoms with E-state index >= 15 is 0 Å². The lowest BCUT2D eigenvalue weighted by molar-refractivity contribution is -0.121.